The Morgan fingerprint density at radius 1 is 1.16 bits per heavy atom. The van der Waals surface area contributed by atoms with Gasteiger partial charge in [0.2, 0.25) is 23.7 Å². The number of aromatic nitrogens is 4. The van der Waals surface area contributed by atoms with Crippen LogP contribution in [0.1, 0.15) is 32.2 Å². The molecule has 1 aliphatic heterocycles. The first-order chi connectivity index (χ1) is 17.8. The van der Waals surface area contributed by atoms with Gasteiger partial charge in [-0.2, -0.15) is 10.1 Å². The summed E-state index contributed by atoms with van der Waals surface area (Å²) in [6, 6.07) is -0.00759. The number of carbonyl (C=O) groups excluding carboxylic acids is 3. The molecule has 1 saturated heterocycles. The summed E-state index contributed by atoms with van der Waals surface area (Å²) in [5, 5.41) is 13.9. The summed E-state index contributed by atoms with van der Waals surface area (Å²) in [5.41, 5.74) is 6.39. The van der Waals surface area contributed by atoms with Gasteiger partial charge in [-0.15, -0.1) is 0 Å². The van der Waals surface area contributed by atoms with Gasteiger partial charge >= 0.3 is 0 Å². The van der Waals surface area contributed by atoms with Gasteiger partial charge in [0.1, 0.15) is 5.02 Å². The van der Waals surface area contributed by atoms with Crippen LogP contribution in [0.4, 0.5) is 17.5 Å². The van der Waals surface area contributed by atoms with E-state index in [1.54, 1.807) is 11.1 Å². The van der Waals surface area contributed by atoms with Crippen LogP contribution in [0.3, 0.4) is 0 Å². The van der Waals surface area contributed by atoms with Gasteiger partial charge in [0, 0.05) is 32.3 Å². The number of nitrogens with one attached hydrogen (secondary N) is 3. The van der Waals surface area contributed by atoms with Gasteiger partial charge in [0.05, 0.1) is 36.6 Å². The zero-order chi connectivity index (χ0) is 26.1. The Labute approximate surface area is 219 Å². The molecule has 2 aliphatic carbocycles. The molecular weight excluding hydrogens is 498 g/mol. The summed E-state index contributed by atoms with van der Waals surface area (Å²) in [6.45, 7) is 2.62. The molecular formula is C24H30ClN9O3. The van der Waals surface area contributed by atoms with Gasteiger partial charge in [0.15, 0.2) is 5.82 Å². The minimum absolute atomic E-state index is 0.0235. The summed E-state index contributed by atoms with van der Waals surface area (Å²) in [7, 11) is 0. The number of halogens is 1. The molecule has 2 aromatic heterocycles. The highest BCUT2D eigenvalue weighted by atomic mass is 35.5. The van der Waals surface area contributed by atoms with Crippen LogP contribution >= 0.6 is 11.6 Å². The molecule has 5 N–H and O–H groups in total. The fraction of sp³-hybridized carbons (Fsp3) is 0.500. The van der Waals surface area contributed by atoms with Crippen molar-refractivity contribution in [2.45, 2.75) is 38.3 Å². The molecule has 3 amide bonds. The second-order valence-corrected chi connectivity index (χ2v) is 10.2. The number of fused-ring (bicyclic) bond motifs is 2. The van der Waals surface area contributed by atoms with E-state index in [0.717, 1.165) is 24.9 Å². The SMILES string of the molecule is CC(=O)NCC(=O)N1CCC(n2cc(Nc3ncc(Cl)c(N[C@H]4[C@@H](C(N)=O)[C@@H]5C=C[C@H]4C5)n3)cn2)CC1. The first-order valence-electron chi connectivity index (χ1n) is 12.4. The molecule has 2 bridgehead atoms. The summed E-state index contributed by atoms with van der Waals surface area (Å²) in [5.74, 6) is 0.214. The number of nitrogens with zero attached hydrogens (tertiary/aromatic N) is 5. The van der Waals surface area contributed by atoms with Crippen LogP contribution in [-0.4, -0.2) is 68.0 Å². The van der Waals surface area contributed by atoms with Crippen LogP contribution < -0.4 is 21.7 Å². The van der Waals surface area contributed by atoms with Crippen LogP contribution in [0.15, 0.2) is 30.7 Å². The van der Waals surface area contributed by atoms with Crippen molar-refractivity contribution in [3.05, 3.63) is 35.8 Å². The van der Waals surface area contributed by atoms with Crippen molar-refractivity contribution in [3.8, 4) is 0 Å². The van der Waals surface area contributed by atoms with Crippen molar-refractivity contribution in [2.24, 2.45) is 23.5 Å². The molecule has 0 radical (unpaired) electrons. The zero-order valence-electron chi connectivity index (χ0n) is 20.4. The maximum absolute atomic E-state index is 12.2. The van der Waals surface area contributed by atoms with Crippen LogP contribution in [0.25, 0.3) is 0 Å². The molecule has 0 unspecified atom stereocenters. The lowest BCUT2D eigenvalue weighted by atomic mass is 9.88. The second-order valence-electron chi connectivity index (χ2n) is 9.79. The summed E-state index contributed by atoms with van der Waals surface area (Å²) in [4.78, 5) is 45.9. The Kier molecular flexibility index (Phi) is 7.00. The molecule has 4 atom stereocenters. The number of hydrogen-bond acceptors (Lipinski definition) is 8. The van der Waals surface area contributed by atoms with Crippen LogP contribution in [0.5, 0.6) is 0 Å². The number of anilines is 3. The molecule has 13 heteroatoms. The fourth-order valence-corrected chi connectivity index (χ4v) is 5.66. The highest BCUT2D eigenvalue weighted by Crippen LogP contribution is 2.45. The molecule has 5 rings (SSSR count). The molecule has 37 heavy (non-hydrogen) atoms. The third-order valence-electron chi connectivity index (χ3n) is 7.37. The molecule has 0 aromatic carbocycles. The lowest BCUT2D eigenvalue weighted by molar-refractivity contribution is -0.133. The van der Waals surface area contributed by atoms with E-state index in [4.69, 9.17) is 17.3 Å². The van der Waals surface area contributed by atoms with Crippen LogP contribution in [0.2, 0.25) is 5.02 Å². The average molecular weight is 528 g/mol. The molecule has 2 aromatic rings. The average Bonchev–Trinajstić information content (AvgIpc) is 3.61. The lowest BCUT2D eigenvalue weighted by Crippen LogP contribution is -2.44. The molecule has 0 spiro atoms. The highest BCUT2D eigenvalue weighted by Gasteiger charge is 2.47. The Balaban J connectivity index is 1.19. The molecule has 12 nitrogen and oxygen atoms in total. The number of piperidine rings is 1. The predicted octanol–water partition coefficient (Wildman–Crippen LogP) is 1.46. The maximum Gasteiger partial charge on any atom is 0.241 e. The van der Waals surface area contributed by atoms with E-state index in [1.807, 2.05) is 10.9 Å². The number of nitrogens with two attached hydrogens (primary N) is 1. The van der Waals surface area contributed by atoms with E-state index in [0.29, 0.717) is 29.9 Å². The summed E-state index contributed by atoms with van der Waals surface area (Å²) >= 11 is 6.37. The van der Waals surface area contributed by atoms with Gasteiger partial charge in [-0.05, 0) is 31.1 Å². The zero-order valence-corrected chi connectivity index (χ0v) is 21.2. The summed E-state index contributed by atoms with van der Waals surface area (Å²) < 4.78 is 1.88. The minimum atomic E-state index is -0.326. The third kappa shape index (κ3) is 5.38. The number of likely N-dealkylation sites (tertiary alicyclic amines) is 1. The van der Waals surface area contributed by atoms with E-state index >= 15 is 0 Å². The smallest absolute Gasteiger partial charge is 0.241 e. The van der Waals surface area contributed by atoms with E-state index in [-0.39, 0.29) is 54.1 Å². The number of rotatable bonds is 8. The van der Waals surface area contributed by atoms with Crippen LogP contribution in [-0.2, 0) is 14.4 Å². The first-order valence-corrected chi connectivity index (χ1v) is 12.8. The molecule has 3 heterocycles. The topological polar surface area (TPSA) is 160 Å². The number of amides is 3. The maximum atomic E-state index is 12.2. The van der Waals surface area contributed by atoms with Crippen molar-refractivity contribution in [1.29, 1.82) is 0 Å². The summed E-state index contributed by atoms with van der Waals surface area (Å²) in [6.07, 6.45) is 11.7. The van der Waals surface area contributed by atoms with Crippen molar-refractivity contribution < 1.29 is 14.4 Å². The van der Waals surface area contributed by atoms with Crippen molar-refractivity contribution in [2.75, 3.05) is 30.3 Å². The molecule has 3 aliphatic rings. The van der Waals surface area contributed by atoms with E-state index in [9.17, 15) is 14.4 Å². The Hall–Kier alpha value is -3.67. The minimum Gasteiger partial charge on any atom is -0.369 e. The second kappa shape index (κ2) is 10.4. The van der Waals surface area contributed by atoms with E-state index < -0.39 is 0 Å². The molecule has 196 valence electrons. The van der Waals surface area contributed by atoms with Crippen LogP contribution in [0, 0.1) is 17.8 Å². The van der Waals surface area contributed by atoms with Crippen molar-refractivity contribution in [3.63, 3.8) is 0 Å². The van der Waals surface area contributed by atoms with Crippen molar-refractivity contribution in [1.82, 2.24) is 30.0 Å². The number of primary amides is 1. The van der Waals surface area contributed by atoms with E-state index in [1.165, 1.54) is 13.1 Å². The number of carbonyl (C=O) groups is 3. The highest BCUT2D eigenvalue weighted by molar-refractivity contribution is 6.32. The van der Waals surface area contributed by atoms with Gasteiger partial charge in [-0.1, -0.05) is 23.8 Å². The first kappa shape index (κ1) is 25.0. The largest absolute Gasteiger partial charge is 0.369 e. The van der Waals surface area contributed by atoms with Gasteiger partial charge < -0.3 is 26.6 Å². The Morgan fingerprint density at radius 3 is 2.65 bits per heavy atom. The lowest BCUT2D eigenvalue weighted by Gasteiger charge is -2.32. The number of allylic oxidation sites excluding steroid dienone is 1. The Bertz CT molecular complexity index is 1220. The van der Waals surface area contributed by atoms with Gasteiger partial charge in [-0.3, -0.25) is 19.1 Å². The molecule has 2 fully saturated rings. The van der Waals surface area contributed by atoms with Gasteiger partial charge in [0.25, 0.3) is 0 Å². The monoisotopic (exact) mass is 527 g/mol. The van der Waals surface area contributed by atoms with Crippen molar-refractivity contribution >= 4 is 46.8 Å². The third-order valence-corrected chi connectivity index (χ3v) is 7.65. The predicted molar refractivity (Wildman–Crippen MR) is 137 cm³/mol. The Morgan fingerprint density at radius 2 is 1.92 bits per heavy atom. The van der Waals surface area contributed by atoms with Gasteiger partial charge in [-0.25, -0.2) is 4.98 Å². The molecule has 1 saturated carbocycles. The normalized spacial score (nSPS) is 24.8. The quantitative estimate of drug-likeness (QED) is 0.375. The van der Waals surface area contributed by atoms with E-state index in [2.05, 4.69) is 43.2 Å². The number of hydrogen-bond donors (Lipinski definition) is 4. The standard InChI is InChI=1S/C24H30ClN9O3/c1-13(35)27-11-19(36)33-6-4-17(5-7-33)34-12-16(9-29-34)30-24-28-10-18(25)23(32-24)31-21-15-3-2-14(8-15)20(21)22(26)37/h2-3,9-10,12,14-15,17,20-21H,4-8,11H2,1H3,(H2,26,37)(H,27,35)(H2,28,30,31,32)/t14-,15+,20+,21-/m1/s1. The fourth-order valence-electron chi connectivity index (χ4n) is 5.52.